The minimum absolute atomic E-state index is 0.00453. The smallest absolute Gasteiger partial charge is 0.338 e. The number of amides is 1. The molecule has 2 atom stereocenters. The van der Waals surface area contributed by atoms with Gasteiger partial charge >= 0.3 is 11.9 Å². The van der Waals surface area contributed by atoms with E-state index < -0.39 is 24.0 Å². The van der Waals surface area contributed by atoms with Gasteiger partial charge in [0.05, 0.1) is 18.1 Å². The molecule has 2 aromatic rings. The van der Waals surface area contributed by atoms with E-state index in [4.69, 9.17) is 9.47 Å². The fraction of sp³-hybridized carbons (Fsp3) is 0.360. The third-order valence-electron chi connectivity index (χ3n) is 5.31. The van der Waals surface area contributed by atoms with Crippen LogP contribution in [-0.4, -0.2) is 42.9 Å². The van der Waals surface area contributed by atoms with Gasteiger partial charge in [-0.25, -0.2) is 4.79 Å². The second-order valence-corrected chi connectivity index (χ2v) is 7.90. The lowest BCUT2D eigenvalue weighted by molar-refractivity contribution is -0.151. The summed E-state index contributed by atoms with van der Waals surface area (Å²) < 4.78 is 10.5. The van der Waals surface area contributed by atoms with Gasteiger partial charge < -0.3 is 14.4 Å². The molecular weight excluding hydrogens is 410 g/mol. The van der Waals surface area contributed by atoms with Gasteiger partial charge in [0.1, 0.15) is 0 Å². The van der Waals surface area contributed by atoms with Gasteiger partial charge in [0, 0.05) is 24.2 Å². The first-order chi connectivity index (χ1) is 15.3. The van der Waals surface area contributed by atoms with E-state index in [2.05, 4.69) is 0 Å². The van der Waals surface area contributed by atoms with E-state index in [1.807, 2.05) is 26.0 Å². The van der Waals surface area contributed by atoms with Gasteiger partial charge in [-0.05, 0) is 44.5 Å². The molecule has 7 heteroatoms. The maximum atomic E-state index is 12.6. The van der Waals surface area contributed by atoms with Crippen LogP contribution >= 0.6 is 0 Å². The van der Waals surface area contributed by atoms with Crippen molar-refractivity contribution in [1.82, 2.24) is 0 Å². The maximum Gasteiger partial charge on any atom is 0.338 e. The van der Waals surface area contributed by atoms with Crippen molar-refractivity contribution >= 4 is 29.3 Å². The van der Waals surface area contributed by atoms with Crippen LogP contribution in [-0.2, 0) is 19.1 Å². The highest BCUT2D eigenvalue weighted by Crippen LogP contribution is 2.27. The van der Waals surface area contributed by atoms with Crippen molar-refractivity contribution < 1.29 is 28.7 Å². The van der Waals surface area contributed by atoms with E-state index >= 15 is 0 Å². The highest BCUT2D eigenvalue weighted by atomic mass is 16.5. The second-order valence-electron chi connectivity index (χ2n) is 7.90. The summed E-state index contributed by atoms with van der Waals surface area (Å²) in [5.74, 6) is -2.16. The molecule has 0 aliphatic carbocycles. The molecule has 0 bridgehead atoms. The number of benzene rings is 2. The molecule has 1 aliphatic heterocycles. The average molecular weight is 437 g/mol. The zero-order valence-electron chi connectivity index (χ0n) is 18.5. The Hall–Kier alpha value is -3.48. The summed E-state index contributed by atoms with van der Waals surface area (Å²) >= 11 is 0. The zero-order valence-corrected chi connectivity index (χ0v) is 18.5. The summed E-state index contributed by atoms with van der Waals surface area (Å²) in [4.78, 5) is 51.0. The lowest BCUT2D eigenvalue weighted by Gasteiger charge is -2.18. The van der Waals surface area contributed by atoms with Gasteiger partial charge in [0.25, 0.3) is 0 Å². The Bertz CT molecular complexity index is 996. The number of esters is 2. The van der Waals surface area contributed by atoms with Gasteiger partial charge in [-0.15, -0.1) is 0 Å². The maximum absolute atomic E-state index is 12.6. The molecule has 7 nitrogen and oxygen atoms in total. The van der Waals surface area contributed by atoms with Crippen LogP contribution in [0.5, 0.6) is 0 Å². The predicted molar refractivity (Wildman–Crippen MR) is 119 cm³/mol. The Morgan fingerprint density at radius 3 is 2.28 bits per heavy atom. The molecule has 0 unspecified atom stereocenters. The van der Waals surface area contributed by atoms with Crippen LogP contribution in [0.15, 0.2) is 48.5 Å². The third kappa shape index (κ3) is 5.41. The van der Waals surface area contributed by atoms with Crippen molar-refractivity contribution in [1.29, 1.82) is 0 Å². The largest absolute Gasteiger partial charge is 0.462 e. The van der Waals surface area contributed by atoms with Gasteiger partial charge in [-0.3, -0.25) is 14.4 Å². The minimum atomic E-state index is -0.942. The fourth-order valence-corrected chi connectivity index (χ4v) is 3.45. The number of aryl methyl sites for hydroxylation is 1. The number of carbonyl (C=O) groups excluding carboxylic acids is 4. The molecule has 0 radical (unpaired) electrons. The SMILES string of the molecule is CCCOC(=O)c1ccc(N2C[C@H](C(=O)O[C@@H](C)C(=O)c3ccc(C)cc3)CC2=O)cc1. The highest BCUT2D eigenvalue weighted by molar-refractivity contribution is 6.02. The van der Waals surface area contributed by atoms with Crippen LogP contribution in [0, 0.1) is 12.8 Å². The number of rotatable bonds is 8. The van der Waals surface area contributed by atoms with Crippen molar-refractivity contribution in [2.45, 2.75) is 39.7 Å². The van der Waals surface area contributed by atoms with E-state index in [1.54, 1.807) is 36.4 Å². The van der Waals surface area contributed by atoms with Crippen LogP contribution in [0.2, 0.25) is 0 Å². The number of carbonyl (C=O) groups is 4. The van der Waals surface area contributed by atoms with Crippen LogP contribution in [0.3, 0.4) is 0 Å². The molecular formula is C25H27NO6. The lowest BCUT2D eigenvalue weighted by atomic mass is 10.1. The van der Waals surface area contributed by atoms with E-state index in [0.29, 0.717) is 23.4 Å². The minimum Gasteiger partial charge on any atom is -0.462 e. The summed E-state index contributed by atoms with van der Waals surface area (Å²) in [5, 5.41) is 0. The topological polar surface area (TPSA) is 90.0 Å². The number of ketones is 1. The monoisotopic (exact) mass is 437 g/mol. The average Bonchev–Trinajstić information content (AvgIpc) is 3.19. The summed E-state index contributed by atoms with van der Waals surface area (Å²) in [6.45, 7) is 5.87. The molecule has 32 heavy (non-hydrogen) atoms. The standard InChI is InChI=1S/C25H27NO6/c1-4-13-31-24(29)19-9-11-21(12-10-19)26-15-20(14-22(26)27)25(30)32-17(3)23(28)18-7-5-16(2)6-8-18/h5-12,17,20H,4,13-15H2,1-3H3/t17-,20+/m0/s1. The first-order valence-electron chi connectivity index (χ1n) is 10.7. The van der Waals surface area contributed by atoms with Crippen molar-refractivity contribution in [2.75, 3.05) is 18.1 Å². The van der Waals surface area contributed by atoms with Gasteiger partial charge in [-0.2, -0.15) is 0 Å². The quantitative estimate of drug-likeness (QED) is 0.462. The fourth-order valence-electron chi connectivity index (χ4n) is 3.45. The van der Waals surface area contributed by atoms with Crippen molar-refractivity contribution in [3.8, 4) is 0 Å². The predicted octanol–water partition coefficient (Wildman–Crippen LogP) is 3.73. The Kier molecular flexibility index (Phi) is 7.41. The Morgan fingerprint density at radius 1 is 1.03 bits per heavy atom. The van der Waals surface area contributed by atoms with Crippen molar-refractivity contribution in [3.63, 3.8) is 0 Å². The molecule has 0 spiro atoms. The van der Waals surface area contributed by atoms with Crippen molar-refractivity contribution in [2.24, 2.45) is 5.92 Å². The number of hydrogen-bond donors (Lipinski definition) is 0. The van der Waals surface area contributed by atoms with E-state index in [-0.39, 0.29) is 24.7 Å². The zero-order chi connectivity index (χ0) is 23.3. The number of nitrogens with zero attached hydrogens (tertiary/aromatic N) is 1. The first kappa shape index (κ1) is 23.2. The lowest BCUT2D eigenvalue weighted by Crippen LogP contribution is -2.30. The highest BCUT2D eigenvalue weighted by Gasteiger charge is 2.37. The summed E-state index contributed by atoms with van der Waals surface area (Å²) in [6.07, 6.45) is -0.202. The molecule has 1 aliphatic rings. The summed E-state index contributed by atoms with van der Waals surface area (Å²) in [5.41, 5.74) is 2.48. The molecule has 1 heterocycles. The molecule has 1 amide bonds. The number of anilines is 1. The van der Waals surface area contributed by atoms with Gasteiger partial charge in [0.2, 0.25) is 11.7 Å². The van der Waals surface area contributed by atoms with E-state index in [1.165, 1.54) is 11.8 Å². The number of Topliss-reactive ketones (excluding diaryl/α,β-unsaturated/α-hetero) is 1. The van der Waals surface area contributed by atoms with E-state index in [0.717, 1.165) is 12.0 Å². The molecule has 0 aromatic heterocycles. The Balaban J connectivity index is 1.59. The van der Waals surface area contributed by atoms with Crippen LogP contribution in [0.4, 0.5) is 5.69 Å². The number of ether oxygens (including phenoxy) is 2. The van der Waals surface area contributed by atoms with Crippen LogP contribution in [0.1, 0.15) is 53.0 Å². The Morgan fingerprint density at radius 2 is 1.66 bits per heavy atom. The molecule has 2 aromatic carbocycles. The molecule has 3 rings (SSSR count). The number of hydrogen-bond acceptors (Lipinski definition) is 6. The second kappa shape index (κ2) is 10.2. The Labute approximate surface area is 187 Å². The molecule has 0 saturated carbocycles. The van der Waals surface area contributed by atoms with Crippen LogP contribution in [0.25, 0.3) is 0 Å². The normalized spacial score (nSPS) is 16.5. The first-order valence-corrected chi connectivity index (χ1v) is 10.7. The summed E-state index contributed by atoms with van der Waals surface area (Å²) in [7, 11) is 0. The molecule has 168 valence electrons. The van der Waals surface area contributed by atoms with Gasteiger partial charge in [0.15, 0.2) is 6.10 Å². The third-order valence-corrected chi connectivity index (χ3v) is 5.31. The molecule has 1 fully saturated rings. The molecule has 1 saturated heterocycles. The molecule has 0 N–H and O–H groups in total. The summed E-state index contributed by atoms with van der Waals surface area (Å²) in [6, 6.07) is 13.5. The van der Waals surface area contributed by atoms with Crippen LogP contribution < -0.4 is 4.90 Å². The van der Waals surface area contributed by atoms with E-state index in [9.17, 15) is 19.2 Å². The van der Waals surface area contributed by atoms with Gasteiger partial charge in [-0.1, -0.05) is 36.8 Å². The van der Waals surface area contributed by atoms with Crippen molar-refractivity contribution in [3.05, 3.63) is 65.2 Å².